The highest BCUT2D eigenvalue weighted by Crippen LogP contribution is 2.26. The van der Waals surface area contributed by atoms with Crippen molar-refractivity contribution in [2.75, 3.05) is 11.6 Å². The maximum absolute atomic E-state index is 3.48. The Morgan fingerprint density at radius 2 is 2.25 bits per heavy atom. The molecule has 0 amide bonds. The Labute approximate surface area is 77.6 Å². The highest BCUT2D eigenvalue weighted by molar-refractivity contribution is 7.98. The van der Waals surface area contributed by atoms with Gasteiger partial charge in [-0.1, -0.05) is 6.07 Å². The van der Waals surface area contributed by atoms with E-state index in [0.29, 0.717) is 0 Å². The topological polar surface area (TPSA) is 12.0 Å². The molecule has 12 heavy (non-hydrogen) atoms. The standard InChI is InChI=1S/C10H13NS/c1-12-10-4-2-3-9(7-10)11-8-5-6-8/h2-4,7-8,11H,5-6H2,1H3. The molecule has 1 aliphatic rings. The summed E-state index contributed by atoms with van der Waals surface area (Å²) in [5.74, 6) is 0. The number of anilines is 1. The zero-order chi connectivity index (χ0) is 8.39. The molecule has 0 spiro atoms. The lowest BCUT2D eigenvalue weighted by molar-refractivity contribution is 1.15. The molecular formula is C10H13NS. The maximum Gasteiger partial charge on any atom is 0.0353 e. The average molecular weight is 179 g/mol. The SMILES string of the molecule is CSc1cccc(NC2CC2)c1. The van der Waals surface area contributed by atoms with Crippen molar-refractivity contribution >= 4 is 17.4 Å². The lowest BCUT2D eigenvalue weighted by atomic mass is 10.3. The summed E-state index contributed by atoms with van der Waals surface area (Å²) in [5, 5.41) is 3.48. The predicted molar refractivity (Wildman–Crippen MR) is 54.9 cm³/mol. The Morgan fingerprint density at radius 1 is 1.42 bits per heavy atom. The molecule has 0 heterocycles. The summed E-state index contributed by atoms with van der Waals surface area (Å²) in [5.41, 5.74) is 1.27. The first-order chi connectivity index (χ1) is 5.88. The van der Waals surface area contributed by atoms with Crippen molar-refractivity contribution in [3.05, 3.63) is 24.3 Å². The van der Waals surface area contributed by atoms with Gasteiger partial charge in [0, 0.05) is 16.6 Å². The molecule has 0 bridgehead atoms. The number of hydrogen-bond donors (Lipinski definition) is 1. The van der Waals surface area contributed by atoms with E-state index in [2.05, 4.69) is 35.8 Å². The zero-order valence-corrected chi connectivity index (χ0v) is 8.03. The molecule has 1 aromatic carbocycles. The molecule has 0 radical (unpaired) electrons. The maximum atomic E-state index is 3.48. The number of thioether (sulfide) groups is 1. The second-order valence-electron chi connectivity index (χ2n) is 3.15. The quantitative estimate of drug-likeness (QED) is 0.716. The Kier molecular flexibility index (Phi) is 2.26. The summed E-state index contributed by atoms with van der Waals surface area (Å²) in [6.45, 7) is 0. The molecule has 0 atom stereocenters. The number of rotatable bonds is 3. The Balaban J connectivity index is 2.08. The second kappa shape index (κ2) is 3.40. The third kappa shape index (κ3) is 1.95. The monoisotopic (exact) mass is 179 g/mol. The van der Waals surface area contributed by atoms with Gasteiger partial charge in [-0.2, -0.15) is 0 Å². The molecule has 1 aliphatic carbocycles. The molecule has 0 saturated heterocycles. The number of nitrogens with one attached hydrogen (secondary N) is 1. The molecular weight excluding hydrogens is 166 g/mol. The van der Waals surface area contributed by atoms with Crippen LogP contribution in [0.4, 0.5) is 5.69 Å². The van der Waals surface area contributed by atoms with Gasteiger partial charge in [0.1, 0.15) is 0 Å². The minimum atomic E-state index is 0.752. The fraction of sp³-hybridized carbons (Fsp3) is 0.400. The van der Waals surface area contributed by atoms with Crippen LogP contribution in [0.1, 0.15) is 12.8 Å². The third-order valence-electron chi connectivity index (χ3n) is 2.02. The minimum Gasteiger partial charge on any atom is -0.382 e. The van der Waals surface area contributed by atoms with E-state index in [1.54, 1.807) is 11.8 Å². The minimum absolute atomic E-state index is 0.752. The van der Waals surface area contributed by atoms with Gasteiger partial charge in [-0.3, -0.25) is 0 Å². The first-order valence-electron chi connectivity index (χ1n) is 4.29. The molecule has 64 valence electrons. The first-order valence-corrected chi connectivity index (χ1v) is 5.51. The fourth-order valence-electron chi connectivity index (χ4n) is 1.18. The van der Waals surface area contributed by atoms with Gasteiger partial charge in [0.2, 0.25) is 0 Å². The van der Waals surface area contributed by atoms with Gasteiger partial charge in [-0.25, -0.2) is 0 Å². The van der Waals surface area contributed by atoms with Gasteiger partial charge in [0.05, 0.1) is 0 Å². The Morgan fingerprint density at radius 3 is 2.92 bits per heavy atom. The Hall–Kier alpha value is -0.630. The molecule has 1 nitrogen and oxygen atoms in total. The normalized spacial score (nSPS) is 16.1. The van der Waals surface area contributed by atoms with Crippen molar-refractivity contribution in [3.8, 4) is 0 Å². The summed E-state index contributed by atoms with van der Waals surface area (Å²) >= 11 is 1.79. The first kappa shape index (κ1) is 7.99. The van der Waals surface area contributed by atoms with Crippen molar-refractivity contribution in [3.63, 3.8) is 0 Å². The van der Waals surface area contributed by atoms with Crippen LogP contribution in [0.25, 0.3) is 0 Å². The predicted octanol–water partition coefficient (Wildman–Crippen LogP) is 2.98. The van der Waals surface area contributed by atoms with E-state index in [0.717, 1.165) is 6.04 Å². The lowest BCUT2D eigenvalue weighted by Crippen LogP contribution is -1.99. The van der Waals surface area contributed by atoms with Crippen molar-refractivity contribution < 1.29 is 0 Å². The molecule has 1 aromatic rings. The third-order valence-corrected chi connectivity index (χ3v) is 2.74. The van der Waals surface area contributed by atoms with Crippen LogP contribution in [-0.2, 0) is 0 Å². The van der Waals surface area contributed by atoms with Crippen molar-refractivity contribution in [2.24, 2.45) is 0 Å². The van der Waals surface area contributed by atoms with Gasteiger partial charge >= 0.3 is 0 Å². The summed E-state index contributed by atoms with van der Waals surface area (Å²) in [7, 11) is 0. The smallest absolute Gasteiger partial charge is 0.0353 e. The largest absolute Gasteiger partial charge is 0.382 e. The molecule has 0 aromatic heterocycles. The average Bonchev–Trinajstić information content (AvgIpc) is 2.89. The molecule has 0 unspecified atom stereocenters. The molecule has 1 N–H and O–H groups in total. The van der Waals surface area contributed by atoms with Crippen LogP contribution in [0.15, 0.2) is 29.2 Å². The van der Waals surface area contributed by atoms with E-state index in [4.69, 9.17) is 0 Å². The van der Waals surface area contributed by atoms with E-state index >= 15 is 0 Å². The summed E-state index contributed by atoms with van der Waals surface area (Å²) in [6.07, 6.45) is 4.78. The van der Waals surface area contributed by atoms with Gasteiger partial charge < -0.3 is 5.32 Å². The van der Waals surface area contributed by atoms with Crippen LogP contribution in [0.5, 0.6) is 0 Å². The van der Waals surface area contributed by atoms with Gasteiger partial charge in [0.25, 0.3) is 0 Å². The molecule has 1 fully saturated rings. The highest BCUT2D eigenvalue weighted by atomic mass is 32.2. The lowest BCUT2D eigenvalue weighted by Gasteiger charge is -2.04. The van der Waals surface area contributed by atoms with Crippen LogP contribution in [0, 0.1) is 0 Å². The van der Waals surface area contributed by atoms with E-state index in [9.17, 15) is 0 Å². The molecule has 2 heteroatoms. The number of benzene rings is 1. The van der Waals surface area contributed by atoms with Crippen LogP contribution >= 0.6 is 11.8 Å². The molecule has 0 aliphatic heterocycles. The van der Waals surface area contributed by atoms with Crippen molar-refractivity contribution in [1.29, 1.82) is 0 Å². The van der Waals surface area contributed by atoms with Crippen LogP contribution in [0.2, 0.25) is 0 Å². The van der Waals surface area contributed by atoms with Crippen molar-refractivity contribution in [2.45, 2.75) is 23.8 Å². The second-order valence-corrected chi connectivity index (χ2v) is 4.03. The molecule has 1 saturated carbocycles. The van der Waals surface area contributed by atoms with E-state index in [1.165, 1.54) is 23.4 Å². The van der Waals surface area contributed by atoms with E-state index < -0.39 is 0 Å². The van der Waals surface area contributed by atoms with E-state index in [1.807, 2.05) is 0 Å². The number of hydrogen-bond acceptors (Lipinski definition) is 2. The zero-order valence-electron chi connectivity index (χ0n) is 7.21. The summed E-state index contributed by atoms with van der Waals surface area (Å²) in [4.78, 5) is 1.33. The fourth-order valence-corrected chi connectivity index (χ4v) is 1.64. The van der Waals surface area contributed by atoms with Crippen LogP contribution in [-0.4, -0.2) is 12.3 Å². The summed E-state index contributed by atoms with van der Waals surface area (Å²) in [6, 6.07) is 9.35. The van der Waals surface area contributed by atoms with Crippen LogP contribution < -0.4 is 5.32 Å². The van der Waals surface area contributed by atoms with Gasteiger partial charge in [0.15, 0.2) is 0 Å². The molecule has 2 rings (SSSR count). The van der Waals surface area contributed by atoms with E-state index in [-0.39, 0.29) is 0 Å². The van der Waals surface area contributed by atoms with Crippen molar-refractivity contribution in [1.82, 2.24) is 0 Å². The van der Waals surface area contributed by atoms with Crippen LogP contribution in [0.3, 0.4) is 0 Å². The highest BCUT2D eigenvalue weighted by Gasteiger charge is 2.20. The van der Waals surface area contributed by atoms with Gasteiger partial charge in [-0.05, 0) is 37.3 Å². The Bertz CT molecular complexity index is 268. The van der Waals surface area contributed by atoms with Gasteiger partial charge in [-0.15, -0.1) is 11.8 Å². The summed E-state index contributed by atoms with van der Waals surface area (Å²) < 4.78 is 0.